The van der Waals surface area contributed by atoms with Gasteiger partial charge in [0.1, 0.15) is 6.04 Å². The van der Waals surface area contributed by atoms with E-state index < -0.39 is 0 Å². The molecule has 1 aromatic rings. The molecule has 0 aliphatic carbocycles. The van der Waals surface area contributed by atoms with E-state index in [1.54, 1.807) is 4.68 Å². The third-order valence-electron chi connectivity index (χ3n) is 3.53. The fourth-order valence-electron chi connectivity index (χ4n) is 2.33. The predicted octanol–water partition coefficient (Wildman–Crippen LogP) is 2.92. The molecule has 1 saturated heterocycles. The van der Waals surface area contributed by atoms with Gasteiger partial charge in [-0.15, -0.1) is 0 Å². The van der Waals surface area contributed by atoms with Crippen LogP contribution in [-0.4, -0.2) is 33.7 Å². The maximum absolute atomic E-state index is 12.4. The van der Waals surface area contributed by atoms with Crippen LogP contribution >= 0.6 is 15.9 Å². The maximum atomic E-state index is 12.4. The van der Waals surface area contributed by atoms with Crippen molar-refractivity contribution in [3.05, 3.63) is 16.4 Å². The molecule has 0 spiro atoms. The van der Waals surface area contributed by atoms with Gasteiger partial charge >= 0.3 is 0 Å². The van der Waals surface area contributed by atoms with E-state index in [0.29, 0.717) is 0 Å². The molecule has 2 rings (SSSR count). The zero-order valence-corrected chi connectivity index (χ0v) is 12.6. The van der Waals surface area contributed by atoms with Crippen molar-refractivity contribution in [2.24, 2.45) is 0 Å². The topological polar surface area (TPSA) is 38.1 Å². The molecule has 1 atom stereocenters. The van der Waals surface area contributed by atoms with E-state index in [2.05, 4.69) is 21.0 Å². The van der Waals surface area contributed by atoms with Gasteiger partial charge < -0.3 is 4.90 Å². The molecule has 1 fully saturated rings. The third-order valence-corrected chi connectivity index (χ3v) is 4.31. The molecule has 2 heterocycles. The van der Waals surface area contributed by atoms with Crippen LogP contribution in [-0.2, 0) is 4.79 Å². The normalized spacial score (nSPS) is 18.5. The zero-order chi connectivity index (χ0) is 13.1. The first-order valence-electron chi connectivity index (χ1n) is 6.59. The van der Waals surface area contributed by atoms with E-state index in [0.717, 1.165) is 36.1 Å². The Morgan fingerprint density at radius 1 is 1.33 bits per heavy atom. The van der Waals surface area contributed by atoms with Crippen molar-refractivity contribution in [1.82, 2.24) is 14.7 Å². The lowest BCUT2D eigenvalue weighted by Crippen LogP contribution is -2.37. The number of amides is 1. The Morgan fingerprint density at radius 3 is 2.44 bits per heavy atom. The first kappa shape index (κ1) is 13.6. The minimum Gasteiger partial charge on any atom is -0.341 e. The summed E-state index contributed by atoms with van der Waals surface area (Å²) in [7, 11) is 0. The molecular formula is C13H20BrN3O. The summed E-state index contributed by atoms with van der Waals surface area (Å²) in [6, 6.07) is -0.215. The molecule has 1 aliphatic heterocycles. The number of carbonyl (C=O) groups excluding carboxylic acids is 1. The number of nitrogens with zero attached hydrogens (tertiary/aromatic N) is 3. The molecule has 1 amide bonds. The van der Waals surface area contributed by atoms with Gasteiger partial charge in [-0.2, -0.15) is 5.10 Å². The van der Waals surface area contributed by atoms with Crippen molar-refractivity contribution in [3.63, 3.8) is 0 Å². The number of carbonyl (C=O) groups is 1. The SMILES string of the molecule is Cc1nn([C@H](C)C(=O)N2CCCCCC2)cc1Br. The summed E-state index contributed by atoms with van der Waals surface area (Å²) < 4.78 is 2.71. The molecule has 0 bridgehead atoms. The first-order valence-corrected chi connectivity index (χ1v) is 7.39. The van der Waals surface area contributed by atoms with Gasteiger partial charge in [0, 0.05) is 19.3 Å². The van der Waals surface area contributed by atoms with E-state index in [9.17, 15) is 4.79 Å². The highest BCUT2D eigenvalue weighted by atomic mass is 79.9. The highest BCUT2D eigenvalue weighted by Crippen LogP contribution is 2.19. The summed E-state index contributed by atoms with van der Waals surface area (Å²) >= 11 is 3.43. The van der Waals surface area contributed by atoms with E-state index in [1.165, 1.54) is 12.8 Å². The van der Waals surface area contributed by atoms with Gasteiger partial charge in [-0.25, -0.2) is 0 Å². The van der Waals surface area contributed by atoms with E-state index in [-0.39, 0.29) is 11.9 Å². The molecule has 1 aromatic heterocycles. The number of hydrogen-bond acceptors (Lipinski definition) is 2. The highest BCUT2D eigenvalue weighted by molar-refractivity contribution is 9.10. The number of rotatable bonds is 2. The van der Waals surface area contributed by atoms with Crippen LogP contribution in [0.1, 0.15) is 44.3 Å². The predicted molar refractivity (Wildman–Crippen MR) is 74.4 cm³/mol. The Bertz CT molecular complexity index is 402. The standard InChI is InChI=1S/C13H20BrN3O/c1-10-12(14)9-17(15-10)11(2)13(18)16-7-5-3-4-6-8-16/h9,11H,3-8H2,1-2H3/t11-/m1/s1. The quantitative estimate of drug-likeness (QED) is 0.842. The summed E-state index contributed by atoms with van der Waals surface area (Å²) in [4.78, 5) is 14.4. The highest BCUT2D eigenvalue weighted by Gasteiger charge is 2.23. The fraction of sp³-hybridized carbons (Fsp3) is 0.692. The van der Waals surface area contributed by atoms with E-state index in [1.807, 2.05) is 24.9 Å². The third kappa shape index (κ3) is 2.94. The number of aryl methyl sites for hydroxylation is 1. The van der Waals surface area contributed by atoms with Crippen LogP contribution in [0, 0.1) is 6.92 Å². The Hall–Kier alpha value is -0.840. The summed E-state index contributed by atoms with van der Waals surface area (Å²) in [5, 5.41) is 4.37. The number of likely N-dealkylation sites (tertiary alicyclic amines) is 1. The molecule has 4 nitrogen and oxygen atoms in total. The second-order valence-corrected chi connectivity index (χ2v) is 5.81. The molecule has 1 aliphatic rings. The molecule has 18 heavy (non-hydrogen) atoms. The average molecular weight is 314 g/mol. The Balaban J connectivity index is 2.07. The van der Waals surface area contributed by atoms with Crippen molar-refractivity contribution in [1.29, 1.82) is 0 Å². The van der Waals surface area contributed by atoms with Crippen molar-refractivity contribution < 1.29 is 4.79 Å². The van der Waals surface area contributed by atoms with E-state index >= 15 is 0 Å². The number of aromatic nitrogens is 2. The van der Waals surface area contributed by atoms with Gasteiger partial charge in [0.15, 0.2) is 0 Å². The first-order chi connectivity index (χ1) is 8.59. The monoisotopic (exact) mass is 313 g/mol. The molecule has 0 radical (unpaired) electrons. The second kappa shape index (κ2) is 5.87. The molecule has 0 aromatic carbocycles. The minimum atomic E-state index is -0.215. The van der Waals surface area contributed by atoms with Crippen molar-refractivity contribution >= 4 is 21.8 Å². The molecule has 0 N–H and O–H groups in total. The maximum Gasteiger partial charge on any atom is 0.247 e. The fourth-order valence-corrected chi connectivity index (χ4v) is 2.62. The molecular weight excluding hydrogens is 294 g/mol. The molecule has 100 valence electrons. The smallest absolute Gasteiger partial charge is 0.247 e. The van der Waals surface area contributed by atoms with Crippen LogP contribution in [0.25, 0.3) is 0 Å². The van der Waals surface area contributed by atoms with E-state index in [4.69, 9.17) is 0 Å². The molecule has 5 heteroatoms. The largest absolute Gasteiger partial charge is 0.341 e. The number of halogens is 1. The van der Waals surface area contributed by atoms with Gasteiger partial charge in [-0.1, -0.05) is 12.8 Å². The Labute approximate surface area is 116 Å². The Morgan fingerprint density at radius 2 is 1.94 bits per heavy atom. The van der Waals surface area contributed by atoms with Crippen molar-refractivity contribution in [3.8, 4) is 0 Å². The van der Waals surface area contributed by atoms with Gasteiger partial charge in [-0.3, -0.25) is 9.48 Å². The summed E-state index contributed by atoms with van der Waals surface area (Å²) in [6.07, 6.45) is 6.62. The Kier molecular flexibility index (Phi) is 4.43. The molecule has 0 saturated carbocycles. The zero-order valence-electron chi connectivity index (χ0n) is 11.0. The van der Waals surface area contributed by atoms with Crippen LogP contribution in [0.3, 0.4) is 0 Å². The lowest BCUT2D eigenvalue weighted by molar-refractivity contribution is -0.134. The van der Waals surface area contributed by atoms with Crippen LogP contribution in [0.15, 0.2) is 10.7 Å². The summed E-state index contributed by atoms with van der Waals surface area (Å²) in [6.45, 7) is 5.64. The van der Waals surface area contributed by atoms with Crippen molar-refractivity contribution in [2.75, 3.05) is 13.1 Å². The van der Waals surface area contributed by atoms with Gasteiger partial charge in [0.05, 0.1) is 10.2 Å². The van der Waals surface area contributed by atoms with Crippen LogP contribution in [0.2, 0.25) is 0 Å². The van der Waals surface area contributed by atoms with Gasteiger partial charge in [0.25, 0.3) is 0 Å². The lowest BCUT2D eigenvalue weighted by Gasteiger charge is -2.24. The number of hydrogen-bond donors (Lipinski definition) is 0. The van der Waals surface area contributed by atoms with Gasteiger partial charge in [0.2, 0.25) is 5.91 Å². The molecule has 0 unspecified atom stereocenters. The van der Waals surface area contributed by atoms with Gasteiger partial charge in [-0.05, 0) is 42.6 Å². The average Bonchev–Trinajstić information content (AvgIpc) is 2.61. The van der Waals surface area contributed by atoms with Crippen LogP contribution in [0.5, 0.6) is 0 Å². The second-order valence-electron chi connectivity index (χ2n) is 4.96. The summed E-state index contributed by atoms with van der Waals surface area (Å²) in [5.41, 5.74) is 0.922. The summed E-state index contributed by atoms with van der Waals surface area (Å²) in [5.74, 6) is 0.187. The lowest BCUT2D eigenvalue weighted by atomic mass is 10.2. The van der Waals surface area contributed by atoms with Crippen LogP contribution < -0.4 is 0 Å². The van der Waals surface area contributed by atoms with Crippen molar-refractivity contribution in [2.45, 2.75) is 45.6 Å². The van der Waals surface area contributed by atoms with Crippen LogP contribution in [0.4, 0.5) is 0 Å². The minimum absolute atomic E-state index is 0.187.